The Morgan fingerprint density at radius 2 is 1.72 bits per heavy atom. The Morgan fingerprint density at radius 1 is 1.11 bits per heavy atom. The molecule has 0 aromatic rings. The molecule has 0 unspecified atom stereocenters. The van der Waals surface area contributed by atoms with E-state index in [9.17, 15) is 9.59 Å². The minimum Gasteiger partial charge on any atom is -0.481 e. The summed E-state index contributed by atoms with van der Waals surface area (Å²) < 4.78 is 0. The highest BCUT2D eigenvalue weighted by Crippen LogP contribution is 2.04. The monoisotopic (exact) mass is 254 g/mol. The van der Waals surface area contributed by atoms with Gasteiger partial charge in [-0.15, -0.1) is 0 Å². The lowest BCUT2D eigenvalue weighted by Gasteiger charge is -2.06. The first kappa shape index (κ1) is 16.2. The average molecular weight is 254 g/mol. The summed E-state index contributed by atoms with van der Waals surface area (Å²) >= 11 is 0. The van der Waals surface area contributed by atoms with E-state index in [0.717, 1.165) is 32.1 Å². The molecule has 0 bridgehead atoms. The first-order valence-electron chi connectivity index (χ1n) is 6.14. The first-order valence-corrected chi connectivity index (χ1v) is 6.14. The molecule has 1 amide bonds. The van der Waals surface area contributed by atoms with Crippen molar-refractivity contribution >= 4 is 11.9 Å². The molecule has 3 N–H and O–H groups in total. The Morgan fingerprint density at radius 3 is 2.33 bits per heavy atom. The number of amides is 1. The highest BCUT2D eigenvalue weighted by Gasteiger charge is 2.03. The van der Waals surface area contributed by atoms with Gasteiger partial charge in [-0.3, -0.25) is 9.59 Å². The van der Waals surface area contributed by atoms with E-state index >= 15 is 0 Å². The van der Waals surface area contributed by atoms with Crippen LogP contribution in [-0.2, 0) is 9.59 Å². The van der Waals surface area contributed by atoms with Crippen LogP contribution in [-0.4, -0.2) is 23.5 Å². The second-order valence-corrected chi connectivity index (χ2v) is 3.99. The highest BCUT2D eigenvalue weighted by atomic mass is 16.4. The number of carbonyl (C=O) groups excluding carboxylic acids is 1. The zero-order chi connectivity index (χ0) is 13.8. The van der Waals surface area contributed by atoms with Crippen molar-refractivity contribution in [2.45, 2.75) is 38.5 Å². The lowest BCUT2D eigenvalue weighted by atomic mass is 10.1. The fourth-order valence-electron chi connectivity index (χ4n) is 1.43. The van der Waals surface area contributed by atoms with Gasteiger partial charge in [0.05, 0.1) is 5.70 Å². The molecule has 0 heterocycles. The predicted octanol–water partition coefficient (Wildman–Crippen LogP) is 1.77. The minimum absolute atomic E-state index is 0.222. The van der Waals surface area contributed by atoms with Crippen molar-refractivity contribution in [3.8, 4) is 0 Å². The van der Waals surface area contributed by atoms with Crippen LogP contribution < -0.4 is 10.6 Å². The summed E-state index contributed by atoms with van der Waals surface area (Å²) in [6.45, 7) is 7.60. The molecule has 0 aliphatic heterocycles. The van der Waals surface area contributed by atoms with Gasteiger partial charge in [0, 0.05) is 13.0 Å². The number of carboxylic acid groups (broad SMARTS) is 1. The number of unbranched alkanes of at least 4 members (excludes halogenated alkanes) is 4. The number of nitrogens with one attached hydrogen (secondary N) is 2. The predicted molar refractivity (Wildman–Crippen MR) is 70.8 cm³/mol. The molecule has 0 aromatic carbocycles. The van der Waals surface area contributed by atoms with Gasteiger partial charge < -0.3 is 15.7 Å². The van der Waals surface area contributed by atoms with Crippen LogP contribution in [0.25, 0.3) is 0 Å². The summed E-state index contributed by atoms with van der Waals surface area (Å²) in [6, 6.07) is 0. The third-order valence-electron chi connectivity index (χ3n) is 2.40. The lowest BCUT2D eigenvalue weighted by molar-refractivity contribution is -0.137. The summed E-state index contributed by atoms with van der Waals surface area (Å²) in [5.41, 5.74) is 0.284. The van der Waals surface area contributed by atoms with Gasteiger partial charge in [-0.1, -0.05) is 32.4 Å². The number of rotatable bonds is 11. The molecular weight excluding hydrogens is 232 g/mol. The second-order valence-electron chi connectivity index (χ2n) is 3.99. The van der Waals surface area contributed by atoms with Crippen LogP contribution in [0.15, 0.2) is 25.1 Å². The normalized spacial score (nSPS) is 9.56. The molecule has 0 aromatic heterocycles. The maximum atomic E-state index is 11.4. The molecule has 0 rings (SSSR count). The SMILES string of the molecule is C=CNC(=C)C(=O)NCCCCCCCC(=O)O. The summed E-state index contributed by atoms with van der Waals surface area (Å²) in [6.07, 6.45) is 6.16. The molecule has 0 radical (unpaired) electrons. The summed E-state index contributed by atoms with van der Waals surface area (Å²) in [7, 11) is 0. The van der Waals surface area contributed by atoms with E-state index in [-0.39, 0.29) is 18.0 Å². The van der Waals surface area contributed by atoms with Crippen molar-refractivity contribution in [2.24, 2.45) is 0 Å². The first-order chi connectivity index (χ1) is 8.57. The van der Waals surface area contributed by atoms with Crippen LogP contribution in [0.1, 0.15) is 38.5 Å². The maximum Gasteiger partial charge on any atom is 0.303 e. The third-order valence-corrected chi connectivity index (χ3v) is 2.40. The molecule has 0 spiro atoms. The Hall–Kier alpha value is -1.78. The maximum absolute atomic E-state index is 11.4. The molecule has 0 atom stereocenters. The molecule has 102 valence electrons. The Kier molecular flexibility index (Phi) is 9.35. The van der Waals surface area contributed by atoms with Crippen LogP contribution in [0.3, 0.4) is 0 Å². The molecule has 0 fully saturated rings. The van der Waals surface area contributed by atoms with Gasteiger partial charge in [0.1, 0.15) is 0 Å². The van der Waals surface area contributed by atoms with Crippen molar-refractivity contribution in [1.82, 2.24) is 10.6 Å². The number of aliphatic carboxylic acids is 1. The van der Waals surface area contributed by atoms with Crippen LogP contribution in [0.2, 0.25) is 0 Å². The van der Waals surface area contributed by atoms with Gasteiger partial charge in [-0.2, -0.15) is 0 Å². The Labute approximate surface area is 108 Å². The fourth-order valence-corrected chi connectivity index (χ4v) is 1.43. The van der Waals surface area contributed by atoms with Crippen molar-refractivity contribution in [2.75, 3.05) is 6.54 Å². The van der Waals surface area contributed by atoms with Crippen LogP contribution >= 0.6 is 0 Å². The van der Waals surface area contributed by atoms with Crippen LogP contribution in [0.4, 0.5) is 0 Å². The zero-order valence-corrected chi connectivity index (χ0v) is 10.7. The molecule has 0 aliphatic rings. The van der Waals surface area contributed by atoms with Gasteiger partial charge in [0.15, 0.2) is 0 Å². The van der Waals surface area contributed by atoms with E-state index in [1.807, 2.05) is 0 Å². The lowest BCUT2D eigenvalue weighted by Crippen LogP contribution is -2.29. The zero-order valence-electron chi connectivity index (χ0n) is 10.7. The van der Waals surface area contributed by atoms with Crippen molar-refractivity contribution in [3.63, 3.8) is 0 Å². The largest absolute Gasteiger partial charge is 0.481 e. The second kappa shape index (κ2) is 10.4. The fraction of sp³-hybridized carbons (Fsp3) is 0.538. The number of carboxylic acids is 1. The molecule has 0 saturated heterocycles. The van der Waals surface area contributed by atoms with Gasteiger partial charge in [-0.05, 0) is 19.0 Å². The van der Waals surface area contributed by atoms with Crippen molar-refractivity contribution in [1.29, 1.82) is 0 Å². The number of carbonyl (C=O) groups is 2. The van der Waals surface area contributed by atoms with Gasteiger partial charge in [0.2, 0.25) is 0 Å². The average Bonchev–Trinajstić information content (AvgIpc) is 2.32. The standard InChI is InChI=1S/C13H22N2O3/c1-3-14-11(2)13(18)15-10-8-6-4-5-7-9-12(16)17/h3,14H,1-2,4-10H2,(H,15,18)(H,16,17). The molecule has 5 nitrogen and oxygen atoms in total. The van der Waals surface area contributed by atoms with Crippen molar-refractivity contribution in [3.05, 3.63) is 25.1 Å². The molecule has 18 heavy (non-hydrogen) atoms. The molecule has 5 heteroatoms. The quantitative estimate of drug-likeness (QED) is 0.388. The summed E-state index contributed by atoms with van der Waals surface area (Å²) in [4.78, 5) is 21.6. The van der Waals surface area contributed by atoms with Gasteiger partial charge in [-0.25, -0.2) is 0 Å². The van der Waals surface area contributed by atoms with Crippen LogP contribution in [0.5, 0.6) is 0 Å². The summed E-state index contributed by atoms with van der Waals surface area (Å²) in [5, 5.41) is 13.8. The van der Waals surface area contributed by atoms with E-state index in [2.05, 4.69) is 23.8 Å². The third kappa shape index (κ3) is 9.45. The minimum atomic E-state index is -0.740. The number of hydrogen-bond acceptors (Lipinski definition) is 3. The summed E-state index contributed by atoms with van der Waals surface area (Å²) in [5.74, 6) is -0.962. The molecule has 0 saturated carbocycles. The highest BCUT2D eigenvalue weighted by molar-refractivity contribution is 5.92. The molecule has 0 aliphatic carbocycles. The van der Waals surface area contributed by atoms with E-state index in [1.54, 1.807) is 0 Å². The smallest absolute Gasteiger partial charge is 0.303 e. The van der Waals surface area contributed by atoms with Gasteiger partial charge in [0.25, 0.3) is 5.91 Å². The van der Waals surface area contributed by atoms with E-state index in [0.29, 0.717) is 6.54 Å². The topological polar surface area (TPSA) is 78.4 Å². The van der Waals surface area contributed by atoms with E-state index in [1.165, 1.54) is 6.20 Å². The van der Waals surface area contributed by atoms with E-state index < -0.39 is 5.97 Å². The van der Waals surface area contributed by atoms with E-state index in [4.69, 9.17) is 5.11 Å². The Balaban J connectivity index is 3.35. The number of hydrogen-bond donors (Lipinski definition) is 3. The van der Waals surface area contributed by atoms with Crippen LogP contribution in [0, 0.1) is 0 Å². The Bertz CT molecular complexity index is 301. The molecular formula is C13H22N2O3. The van der Waals surface area contributed by atoms with Crippen molar-refractivity contribution < 1.29 is 14.7 Å². The van der Waals surface area contributed by atoms with Gasteiger partial charge >= 0.3 is 5.97 Å².